The lowest BCUT2D eigenvalue weighted by Crippen LogP contribution is -2.07. The number of aromatic nitrogens is 5. The van der Waals surface area contributed by atoms with Gasteiger partial charge in [-0.05, 0) is 46.2 Å². The Morgan fingerprint density at radius 2 is 1.87 bits per heavy atom. The fraction of sp³-hybridized carbons (Fsp3) is 0.0870. The molecule has 4 rings (SSSR count). The number of allylic oxidation sites excluding steroid dienone is 1. The van der Waals surface area contributed by atoms with Gasteiger partial charge >= 0.3 is 0 Å². The highest BCUT2D eigenvalue weighted by Gasteiger charge is 2.17. The smallest absolute Gasteiger partial charge is 0.192 e. The molecule has 0 aliphatic carbocycles. The minimum absolute atomic E-state index is 0.256. The van der Waals surface area contributed by atoms with Crippen molar-refractivity contribution >= 4 is 17.1 Å². The number of nitrogens with one attached hydrogen (secondary N) is 2. The second-order valence-corrected chi connectivity index (χ2v) is 6.67. The van der Waals surface area contributed by atoms with Gasteiger partial charge in [0.15, 0.2) is 17.4 Å². The van der Waals surface area contributed by atoms with Crippen LogP contribution in [-0.4, -0.2) is 25.6 Å². The Morgan fingerprint density at radius 3 is 2.61 bits per heavy atom. The van der Waals surface area contributed by atoms with E-state index in [1.807, 2.05) is 67.6 Å². The van der Waals surface area contributed by atoms with Gasteiger partial charge < -0.3 is 10.1 Å². The van der Waals surface area contributed by atoms with E-state index in [4.69, 9.17) is 4.74 Å². The average molecular weight is 409 g/mol. The van der Waals surface area contributed by atoms with Gasteiger partial charge in [0.2, 0.25) is 0 Å². The van der Waals surface area contributed by atoms with E-state index in [0.29, 0.717) is 23.9 Å². The predicted molar refractivity (Wildman–Crippen MR) is 116 cm³/mol. The fourth-order valence-corrected chi connectivity index (χ4v) is 3.02. The molecule has 8 heteroatoms. The Labute approximate surface area is 179 Å². The van der Waals surface area contributed by atoms with Crippen molar-refractivity contribution < 1.29 is 4.74 Å². The molecule has 0 amide bonds. The number of hydrogen-bond acceptors (Lipinski definition) is 7. The van der Waals surface area contributed by atoms with Crippen LogP contribution < -0.4 is 10.1 Å². The first-order valence-electron chi connectivity index (χ1n) is 9.59. The highest BCUT2D eigenvalue weighted by Crippen LogP contribution is 2.30. The quantitative estimate of drug-likeness (QED) is 0.444. The molecule has 0 radical (unpaired) electrons. The lowest BCUT2D eigenvalue weighted by molar-refractivity contribution is 0.306. The zero-order chi connectivity index (χ0) is 21.5. The summed E-state index contributed by atoms with van der Waals surface area (Å²) >= 11 is 0. The molecule has 0 saturated heterocycles. The van der Waals surface area contributed by atoms with Gasteiger partial charge in [0.25, 0.3) is 0 Å². The van der Waals surface area contributed by atoms with Crippen molar-refractivity contribution in [1.29, 1.82) is 5.26 Å². The number of rotatable bonds is 7. The van der Waals surface area contributed by atoms with Crippen LogP contribution in [0.4, 0.5) is 5.82 Å². The van der Waals surface area contributed by atoms with E-state index in [1.165, 1.54) is 0 Å². The van der Waals surface area contributed by atoms with Crippen molar-refractivity contribution in [3.8, 4) is 11.8 Å². The maximum Gasteiger partial charge on any atom is 0.192 e. The number of tetrazole rings is 1. The summed E-state index contributed by atoms with van der Waals surface area (Å²) in [7, 11) is 0. The SMILES string of the molecule is Cc1ccccc1COc1cccnc1NC(=C(C#N)c1nnn[nH]1)c1ccccc1. The van der Waals surface area contributed by atoms with E-state index in [0.717, 1.165) is 16.7 Å². The van der Waals surface area contributed by atoms with Crippen LogP contribution in [0.25, 0.3) is 11.3 Å². The Morgan fingerprint density at radius 1 is 1.06 bits per heavy atom. The van der Waals surface area contributed by atoms with Gasteiger partial charge in [-0.15, -0.1) is 5.10 Å². The summed E-state index contributed by atoms with van der Waals surface area (Å²) in [5, 5.41) is 26.8. The molecule has 0 unspecified atom stereocenters. The van der Waals surface area contributed by atoms with Crippen LogP contribution >= 0.6 is 0 Å². The molecule has 2 heterocycles. The number of ether oxygens (including phenoxy) is 1. The molecular formula is C23H19N7O. The van der Waals surface area contributed by atoms with Crippen molar-refractivity contribution in [2.24, 2.45) is 0 Å². The zero-order valence-electron chi connectivity index (χ0n) is 16.8. The highest BCUT2D eigenvalue weighted by molar-refractivity contribution is 5.99. The van der Waals surface area contributed by atoms with Gasteiger partial charge in [0.05, 0.1) is 5.70 Å². The van der Waals surface area contributed by atoms with Gasteiger partial charge in [0, 0.05) is 6.20 Å². The summed E-state index contributed by atoms with van der Waals surface area (Å²) in [6.07, 6.45) is 1.66. The number of nitriles is 1. The molecule has 2 N–H and O–H groups in total. The molecule has 0 spiro atoms. The van der Waals surface area contributed by atoms with Crippen molar-refractivity contribution in [3.63, 3.8) is 0 Å². The summed E-state index contributed by atoms with van der Waals surface area (Å²) in [6.45, 7) is 2.44. The molecule has 0 saturated carbocycles. The maximum absolute atomic E-state index is 9.84. The number of H-pyrrole nitrogens is 1. The van der Waals surface area contributed by atoms with Crippen LogP contribution in [-0.2, 0) is 6.61 Å². The number of aryl methyl sites for hydroxylation is 1. The number of pyridine rings is 1. The van der Waals surface area contributed by atoms with Crippen LogP contribution in [0.5, 0.6) is 5.75 Å². The Bertz CT molecular complexity index is 1230. The molecule has 2 aromatic carbocycles. The molecule has 0 bridgehead atoms. The van der Waals surface area contributed by atoms with Gasteiger partial charge in [-0.1, -0.05) is 54.6 Å². The molecule has 8 nitrogen and oxygen atoms in total. The van der Waals surface area contributed by atoms with Crippen molar-refractivity contribution in [1.82, 2.24) is 25.6 Å². The number of anilines is 1. The summed E-state index contributed by atoms with van der Waals surface area (Å²) in [6, 6.07) is 23.3. The van der Waals surface area contributed by atoms with Gasteiger partial charge in [-0.2, -0.15) is 5.26 Å². The topological polar surface area (TPSA) is 112 Å². The van der Waals surface area contributed by atoms with E-state index in [1.54, 1.807) is 12.3 Å². The van der Waals surface area contributed by atoms with Crippen molar-refractivity contribution in [2.75, 3.05) is 5.32 Å². The van der Waals surface area contributed by atoms with E-state index >= 15 is 0 Å². The predicted octanol–water partition coefficient (Wildman–Crippen LogP) is 3.99. The van der Waals surface area contributed by atoms with Crippen LogP contribution in [0.3, 0.4) is 0 Å². The van der Waals surface area contributed by atoms with Crippen LogP contribution in [0.1, 0.15) is 22.5 Å². The van der Waals surface area contributed by atoms with E-state index < -0.39 is 0 Å². The Hall–Kier alpha value is -4.51. The Kier molecular flexibility index (Phi) is 5.95. The van der Waals surface area contributed by atoms with Crippen molar-refractivity contribution in [2.45, 2.75) is 13.5 Å². The molecule has 4 aromatic rings. The third-order valence-corrected chi connectivity index (χ3v) is 4.66. The first-order chi connectivity index (χ1) is 15.3. The van der Waals surface area contributed by atoms with Crippen LogP contribution in [0.15, 0.2) is 72.9 Å². The number of nitrogens with zero attached hydrogens (tertiary/aromatic N) is 5. The Balaban J connectivity index is 1.70. The first kappa shape index (κ1) is 19.8. The lowest BCUT2D eigenvalue weighted by atomic mass is 10.1. The van der Waals surface area contributed by atoms with Crippen LogP contribution in [0, 0.1) is 18.3 Å². The molecule has 0 fully saturated rings. The van der Waals surface area contributed by atoms with Gasteiger partial charge in [-0.25, -0.2) is 10.1 Å². The first-order valence-corrected chi connectivity index (χ1v) is 9.59. The average Bonchev–Trinajstić information content (AvgIpc) is 3.34. The molecule has 2 aromatic heterocycles. The van der Waals surface area contributed by atoms with E-state index in [2.05, 4.69) is 37.0 Å². The maximum atomic E-state index is 9.84. The standard InChI is InChI=1S/C23H19N7O/c1-16-8-5-6-11-18(16)15-31-20-12-7-13-25-23(20)26-21(17-9-3-2-4-10-17)19(14-24)22-27-29-30-28-22/h2-13H,15H2,1H3,(H,25,26)(H,27,28,29,30). The van der Waals surface area contributed by atoms with Gasteiger partial charge in [0.1, 0.15) is 18.2 Å². The summed E-state index contributed by atoms with van der Waals surface area (Å²) in [5.74, 6) is 1.30. The van der Waals surface area contributed by atoms with Crippen LogP contribution in [0.2, 0.25) is 0 Å². The van der Waals surface area contributed by atoms with E-state index in [9.17, 15) is 5.26 Å². The molecule has 0 aliphatic heterocycles. The third kappa shape index (κ3) is 4.57. The molecule has 0 atom stereocenters. The molecule has 0 aliphatic rings. The number of aromatic amines is 1. The molecular weight excluding hydrogens is 390 g/mol. The summed E-state index contributed by atoms with van der Waals surface area (Å²) in [4.78, 5) is 4.44. The minimum atomic E-state index is 0.256. The number of benzene rings is 2. The normalized spacial score (nSPS) is 11.4. The molecule has 152 valence electrons. The summed E-state index contributed by atoms with van der Waals surface area (Å²) in [5.41, 5.74) is 3.79. The van der Waals surface area contributed by atoms with Gasteiger partial charge in [-0.3, -0.25) is 0 Å². The second kappa shape index (κ2) is 9.33. The fourth-order valence-electron chi connectivity index (χ4n) is 3.02. The van der Waals surface area contributed by atoms with E-state index in [-0.39, 0.29) is 11.4 Å². The largest absolute Gasteiger partial charge is 0.485 e. The number of hydrogen-bond donors (Lipinski definition) is 2. The minimum Gasteiger partial charge on any atom is -0.485 e. The zero-order valence-corrected chi connectivity index (χ0v) is 16.8. The second-order valence-electron chi connectivity index (χ2n) is 6.67. The summed E-state index contributed by atoms with van der Waals surface area (Å²) < 4.78 is 6.07. The lowest BCUT2D eigenvalue weighted by Gasteiger charge is -2.16. The highest BCUT2D eigenvalue weighted by atomic mass is 16.5. The van der Waals surface area contributed by atoms with Crippen molar-refractivity contribution in [3.05, 3.63) is 95.4 Å². The molecule has 31 heavy (non-hydrogen) atoms. The third-order valence-electron chi connectivity index (χ3n) is 4.66. The monoisotopic (exact) mass is 409 g/mol.